The molecule has 0 fully saturated rings. The Bertz CT molecular complexity index is 246. The molecule has 0 aliphatic rings. The zero-order valence-corrected chi connectivity index (χ0v) is 7.18. The third-order valence-corrected chi connectivity index (χ3v) is 1.28. The fraction of sp³-hybridized carbons (Fsp3) is 0.250. The van der Waals surface area contributed by atoms with Gasteiger partial charge < -0.3 is 16.6 Å². The van der Waals surface area contributed by atoms with Gasteiger partial charge in [-0.1, -0.05) is 12.2 Å². The molecular weight excluding hydrogens is 170 g/mol. The van der Waals surface area contributed by atoms with E-state index in [9.17, 15) is 4.79 Å². The highest BCUT2D eigenvalue weighted by Gasteiger charge is 2.10. The Morgan fingerprint density at radius 3 is 2.77 bits per heavy atom. The van der Waals surface area contributed by atoms with Gasteiger partial charge in [0.15, 0.2) is 0 Å². The predicted octanol–water partition coefficient (Wildman–Crippen LogP) is -0.155. The second-order valence-electron chi connectivity index (χ2n) is 2.42. The fourth-order valence-electron chi connectivity index (χ4n) is 0.636. The van der Waals surface area contributed by atoms with Crippen molar-refractivity contribution < 1.29 is 9.90 Å². The van der Waals surface area contributed by atoms with Gasteiger partial charge in [-0.2, -0.15) is 0 Å². The fourth-order valence-corrected chi connectivity index (χ4v) is 0.636. The normalized spacial score (nSPS) is 13.6. The molecule has 5 N–H and O–H groups in total. The van der Waals surface area contributed by atoms with Crippen LogP contribution in [0.25, 0.3) is 0 Å². The van der Waals surface area contributed by atoms with Gasteiger partial charge >= 0.3 is 5.97 Å². The average Bonchev–Trinajstić information content (AvgIpc) is 2.04. The van der Waals surface area contributed by atoms with Crippen LogP contribution in [0.15, 0.2) is 29.4 Å². The molecule has 5 nitrogen and oxygen atoms in total. The van der Waals surface area contributed by atoms with Crippen molar-refractivity contribution in [1.29, 1.82) is 0 Å². The zero-order valence-electron chi connectivity index (χ0n) is 7.18. The van der Waals surface area contributed by atoms with Gasteiger partial charge in [0, 0.05) is 6.20 Å². The maximum Gasteiger partial charge on any atom is 0.320 e. The highest BCUT2D eigenvalue weighted by molar-refractivity contribution is 5.73. The molecule has 0 aromatic rings. The lowest BCUT2D eigenvalue weighted by atomic mass is 10.1. The van der Waals surface area contributed by atoms with Gasteiger partial charge in [-0.25, -0.2) is 4.99 Å². The average molecular weight is 183 g/mol. The van der Waals surface area contributed by atoms with Gasteiger partial charge in [0.2, 0.25) is 0 Å². The monoisotopic (exact) mass is 183 g/mol. The van der Waals surface area contributed by atoms with Crippen LogP contribution >= 0.6 is 0 Å². The Labute approximate surface area is 76.4 Å². The highest BCUT2D eigenvalue weighted by atomic mass is 16.4. The minimum absolute atomic E-state index is 0.200. The van der Waals surface area contributed by atoms with Crippen LogP contribution in [0.5, 0.6) is 0 Å². The van der Waals surface area contributed by atoms with Gasteiger partial charge in [-0.05, 0) is 12.5 Å². The first-order valence-corrected chi connectivity index (χ1v) is 3.64. The van der Waals surface area contributed by atoms with Crippen LogP contribution in [0.3, 0.4) is 0 Å². The molecule has 0 rings (SSSR count). The first-order valence-electron chi connectivity index (χ1n) is 3.64. The van der Waals surface area contributed by atoms with E-state index < -0.39 is 12.0 Å². The summed E-state index contributed by atoms with van der Waals surface area (Å²) in [4.78, 5) is 13.9. The van der Waals surface area contributed by atoms with E-state index in [1.165, 1.54) is 6.20 Å². The summed E-state index contributed by atoms with van der Waals surface area (Å²) in [5, 5.41) is 8.46. The van der Waals surface area contributed by atoms with Gasteiger partial charge in [0.25, 0.3) is 0 Å². The molecule has 1 unspecified atom stereocenters. The second kappa shape index (κ2) is 5.96. The molecular formula is C8H13N3O2. The lowest BCUT2D eigenvalue weighted by molar-refractivity contribution is -0.138. The van der Waals surface area contributed by atoms with Crippen molar-refractivity contribution >= 4 is 12.3 Å². The van der Waals surface area contributed by atoms with Crippen molar-refractivity contribution in [3.05, 3.63) is 24.4 Å². The van der Waals surface area contributed by atoms with Crippen molar-refractivity contribution in [2.45, 2.75) is 12.5 Å². The third kappa shape index (κ3) is 5.63. The van der Waals surface area contributed by atoms with Crippen molar-refractivity contribution in [2.24, 2.45) is 16.5 Å². The molecule has 5 heteroatoms. The van der Waals surface area contributed by atoms with Crippen molar-refractivity contribution in [2.75, 3.05) is 0 Å². The number of aliphatic imine (C=N–C) groups is 1. The van der Waals surface area contributed by atoms with Crippen LogP contribution < -0.4 is 11.5 Å². The number of nitrogens with zero attached hydrogens (tertiary/aromatic N) is 1. The maximum atomic E-state index is 10.3. The smallest absolute Gasteiger partial charge is 0.320 e. The van der Waals surface area contributed by atoms with E-state index in [1.807, 2.05) is 0 Å². The van der Waals surface area contributed by atoms with E-state index in [-0.39, 0.29) is 6.42 Å². The van der Waals surface area contributed by atoms with E-state index in [4.69, 9.17) is 16.6 Å². The molecule has 72 valence electrons. The first-order chi connectivity index (χ1) is 6.07. The molecule has 0 spiro atoms. The molecule has 0 saturated carbocycles. The number of nitrogens with two attached hydrogens (primary N) is 2. The van der Waals surface area contributed by atoms with Crippen LogP contribution in [0.1, 0.15) is 6.42 Å². The number of carbonyl (C=O) groups is 1. The van der Waals surface area contributed by atoms with Crippen molar-refractivity contribution in [3.63, 3.8) is 0 Å². The summed E-state index contributed by atoms with van der Waals surface area (Å²) in [5.74, 6) is -1.04. The maximum absolute atomic E-state index is 10.3. The number of hydrogen-bond donors (Lipinski definition) is 3. The molecule has 0 aromatic carbocycles. The molecule has 0 aromatic heterocycles. The number of allylic oxidation sites excluding steroid dienone is 1. The van der Waals surface area contributed by atoms with Crippen LogP contribution in [-0.2, 0) is 4.79 Å². The summed E-state index contributed by atoms with van der Waals surface area (Å²) in [6.45, 7) is 3.60. The summed E-state index contributed by atoms with van der Waals surface area (Å²) in [6.07, 6.45) is 4.32. The Hall–Kier alpha value is -1.62. The number of hydrogen-bond acceptors (Lipinski definition) is 3. The molecule has 0 amide bonds. The van der Waals surface area contributed by atoms with Crippen molar-refractivity contribution in [3.8, 4) is 0 Å². The lowest BCUT2D eigenvalue weighted by Gasteiger charge is -2.04. The zero-order chi connectivity index (χ0) is 10.3. The van der Waals surface area contributed by atoms with E-state index in [2.05, 4.69) is 11.6 Å². The van der Waals surface area contributed by atoms with E-state index in [1.54, 1.807) is 6.08 Å². The Balaban J connectivity index is 3.94. The summed E-state index contributed by atoms with van der Waals surface area (Å²) in [6, 6.07) is -0.918. The topological polar surface area (TPSA) is 102 Å². The standard InChI is InChI=1S/C8H13N3O2/c1-6(2-3-11-5-9)4-7(10)8(12)13/h2-3,5,7H,1,4,10H2,(H2,9,11)(H,12,13)/b3-2-. The quantitative estimate of drug-likeness (QED) is 0.313. The SMILES string of the molecule is C=C(/C=C\N=CN)CC(N)C(=O)O. The number of carboxylic acids is 1. The van der Waals surface area contributed by atoms with E-state index in [0.29, 0.717) is 5.57 Å². The van der Waals surface area contributed by atoms with Gasteiger partial charge in [-0.15, -0.1) is 0 Å². The predicted molar refractivity (Wildman–Crippen MR) is 51.2 cm³/mol. The number of aliphatic carboxylic acids is 1. The Morgan fingerprint density at radius 2 is 2.31 bits per heavy atom. The summed E-state index contributed by atoms with van der Waals surface area (Å²) < 4.78 is 0. The summed E-state index contributed by atoms with van der Waals surface area (Å²) >= 11 is 0. The van der Waals surface area contributed by atoms with Gasteiger partial charge in [0.1, 0.15) is 6.04 Å². The molecule has 0 saturated heterocycles. The van der Waals surface area contributed by atoms with Crippen LogP contribution in [0, 0.1) is 0 Å². The van der Waals surface area contributed by atoms with Crippen LogP contribution in [0.2, 0.25) is 0 Å². The van der Waals surface area contributed by atoms with Gasteiger partial charge in [0.05, 0.1) is 6.34 Å². The molecule has 13 heavy (non-hydrogen) atoms. The van der Waals surface area contributed by atoms with Gasteiger partial charge in [-0.3, -0.25) is 4.79 Å². The lowest BCUT2D eigenvalue weighted by Crippen LogP contribution is -2.30. The Morgan fingerprint density at radius 1 is 1.69 bits per heavy atom. The molecule has 0 aliphatic heterocycles. The van der Waals surface area contributed by atoms with Crippen LogP contribution in [0.4, 0.5) is 0 Å². The van der Waals surface area contributed by atoms with E-state index >= 15 is 0 Å². The molecule has 0 bridgehead atoms. The van der Waals surface area contributed by atoms with E-state index in [0.717, 1.165) is 6.34 Å². The minimum Gasteiger partial charge on any atom is -0.480 e. The van der Waals surface area contributed by atoms with Crippen molar-refractivity contribution in [1.82, 2.24) is 0 Å². The molecule has 0 heterocycles. The highest BCUT2D eigenvalue weighted by Crippen LogP contribution is 2.03. The third-order valence-electron chi connectivity index (χ3n) is 1.28. The number of rotatable bonds is 5. The van der Waals surface area contributed by atoms with Crippen LogP contribution in [-0.4, -0.2) is 23.5 Å². The summed E-state index contributed by atoms with van der Waals surface area (Å²) in [7, 11) is 0. The molecule has 1 atom stereocenters. The largest absolute Gasteiger partial charge is 0.480 e. The Kier molecular flexibility index (Phi) is 5.22. The summed E-state index contributed by atoms with van der Waals surface area (Å²) in [5.41, 5.74) is 10.8. The first kappa shape index (κ1) is 11.4. The number of carboxylic acid groups (broad SMARTS) is 1. The molecule has 0 aliphatic carbocycles. The molecule has 0 radical (unpaired) electrons. The second-order valence-corrected chi connectivity index (χ2v) is 2.42. The minimum atomic E-state index is -1.04.